The van der Waals surface area contributed by atoms with E-state index in [2.05, 4.69) is 0 Å². The van der Waals surface area contributed by atoms with E-state index in [0.717, 1.165) is 11.1 Å². The molecule has 0 amide bonds. The molecule has 1 unspecified atom stereocenters. The van der Waals surface area contributed by atoms with Crippen LogP contribution in [-0.2, 0) is 14.6 Å². The van der Waals surface area contributed by atoms with Crippen LogP contribution in [0.15, 0.2) is 12.1 Å². The molecule has 2 rings (SSSR count). The molecule has 0 bridgehead atoms. The van der Waals surface area contributed by atoms with Crippen LogP contribution in [0.5, 0.6) is 0 Å². The SMILES string of the molecule is Cc1cc(Cl)c(C(=O)OC2CCCS(=O)(=O)C2)cc1C. The van der Waals surface area contributed by atoms with E-state index in [-0.39, 0.29) is 17.1 Å². The standard InChI is InChI=1S/C14H17ClO4S/c1-9-6-12(13(15)7-10(9)2)14(16)19-11-4-3-5-20(17,18)8-11/h6-7,11H,3-5,8H2,1-2H3. The third kappa shape index (κ3) is 3.52. The van der Waals surface area contributed by atoms with Crippen molar-refractivity contribution in [3.8, 4) is 0 Å². The van der Waals surface area contributed by atoms with Gasteiger partial charge in [-0.3, -0.25) is 0 Å². The van der Waals surface area contributed by atoms with Crippen molar-refractivity contribution in [3.05, 3.63) is 33.8 Å². The predicted octanol–water partition coefficient (Wildman–Crippen LogP) is 2.69. The fourth-order valence-corrected chi connectivity index (χ4v) is 4.10. The van der Waals surface area contributed by atoms with Crippen LogP contribution >= 0.6 is 11.6 Å². The molecular weight excluding hydrogens is 300 g/mol. The Morgan fingerprint density at radius 1 is 1.30 bits per heavy atom. The fraction of sp³-hybridized carbons (Fsp3) is 0.500. The summed E-state index contributed by atoms with van der Waals surface area (Å²) in [6.45, 7) is 3.79. The highest BCUT2D eigenvalue weighted by atomic mass is 35.5. The Balaban J connectivity index is 2.14. The summed E-state index contributed by atoms with van der Waals surface area (Å²) < 4.78 is 28.3. The van der Waals surface area contributed by atoms with Crippen LogP contribution in [0.25, 0.3) is 0 Å². The summed E-state index contributed by atoms with van der Waals surface area (Å²) in [5, 5.41) is 0.330. The summed E-state index contributed by atoms with van der Waals surface area (Å²) in [4.78, 5) is 12.1. The van der Waals surface area contributed by atoms with Crippen molar-refractivity contribution in [2.75, 3.05) is 11.5 Å². The quantitative estimate of drug-likeness (QED) is 0.787. The third-order valence-corrected chi connectivity index (χ3v) is 5.60. The molecule has 0 radical (unpaired) electrons. The summed E-state index contributed by atoms with van der Waals surface area (Å²) in [5.41, 5.74) is 2.22. The van der Waals surface area contributed by atoms with Gasteiger partial charge in [-0.15, -0.1) is 0 Å². The van der Waals surface area contributed by atoms with Gasteiger partial charge < -0.3 is 4.74 Å². The number of aryl methyl sites for hydroxylation is 2. The molecule has 1 fully saturated rings. The first-order valence-electron chi connectivity index (χ1n) is 6.46. The van der Waals surface area contributed by atoms with Crippen molar-refractivity contribution >= 4 is 27.4 Å². The highest BCUT2D eigenvalue weighted by molar-refractivity contribution is 7.91. The average molecular weight is 317 g/mol. The lowest BCUT2D eigenvalue weighted by Crippen LogP contribution is -2.33. The summed E-state index contributed by atoms with van der Waals surface area (Å²) >= 11 is 6.05. The molecule has 0 spiro atoms. The van der Waals surface area contributed by atoms with Crippen molar-refractivity contribution in [1.82, 2.24) is 0 Å². The van der Waals surface area contributed by atoms with E-state index in [1.165, 1.54) is 0 Å². The molecule has 1 heterocycles. The highest BCUT2D eigenvalue weighted by Crippen LogP contribution is 2.23. The fourth-order valence-electron chi connectivity index (χ4n) is 2.23. The van der Waals surface area contributed by atoms with E-state index >= 15 is 0 Å². The van der Waals surface area contributed by atoms with Crippen LogP contribution in [0.2, 0.25) is 5.02 Å². The summed E-state index contributed by atoms with van der Waals surface area (Å²) in [5.74, 6) is -0.479. The van der Waals surface area contributed by atoms with Crippen LogP contribution in [0.1, 0.15) is 34.3 Å². The van der Waals surface area contributed by atoms with E-state index in [9.17, 15) is 13.2 Å². The zero-order chi connectivity index (χ0) is 14.9. The van der Waals surface area contributed by atoms with Crippen LogP contribution in [0, 0.1) is 13.8 Å². The van der Waals surface area contributed by atoms with Crippen molar-refractivity contribution in [2.24, 2.45) is 0 Å². The van der Waals surface area contributed by atoms with Gasteiger partial charge in [0.1, 0.15) is 6.10 Å². The highest BCUT2D eigenvalue weighted by Gasteiger charge is 2.28. The first-order chi connectivity index (χ1) is 9.28. The van der Waals surface area contributed by atoms with Crippen LogP contribution in [-0.4, -0.2) is 32.0 Å². The molecule has 0 saturated carbocycles. The maximum Gasteiger partial charge on any atom is 0.339 e. The zero-order valence-electron chi connectivity index (χ0n) is 11.5. The van der Waals surface area contributed by atoms with Crippen molar-refractivity contribution < 1.29 is 17.9 Å². The monoisotopic (exact) mass is 316 g/mol. The molecule has 0 aliphatic carbocycles. The molecule has 0 N–H and O–H groups in total. The van der Waals surface area contributed by atoms with E-state index in [1.807, 2.05) is 13.8 Å². The van der Waals surface area contributed by atoms with E-state index in [1.54, 1.807) is 12.1 Å². The second kappa shape index (κ2) is 5.74. The van der Waals surface area contributed by atoms with E-state index < -0.39 is 21.9 Å². The zero-order valence-corrected chi connectivity index (χ0v) is 13.1. The minimum Gasteiger partial charge on any atom is -0.458 e. The van der Waals surface area contributed by atoms with Crippen LogP contribution < -0.4 is 0 Å². The molecule has 1 aliphatic heterocycles. The number of halogens is 1. The Hall–Kier alpha value is -1.07. The number of esters is 1. The number of hydrogen-bond acceptors (Lipinski definition) is 4. The van der Waals surface area contributed by atoms with E-state index in [4.69, 9.17) is 16.3 Å². The Morgan fingerprint density at radius 3 is 2.60 bits per heavy atom. The average Bonchev–Trinajstić information content (AvgIpc) is 2.32. The van der Waals surface area contributed by atoms with Crippen LogP contribution in [0.4, 0.5) is 0 Å². The topological polar surface area (TPSA) is 60.4 Å². The van der Waals surface area contributed by atoms with Gasteiger partial charge in [0.25, 0.3) is 0 Å². The first-order valence-corrected chi connectivity index (χ1v) is 8.66. The van der Waals surface area contributed by atoms with Gasteiger partial charge >= 0.3 is 5.97 Å². The van der Waals surface area contributed by atoms with Gasteiger partial charge in [-0.05, 0) is 49.9 Å². The molecule has 1 aromatic rings. The van der Waals surface area contributed by atoms with Gasteiger partial charge in [-0.25, -0.2) is 13.2 Å². The molecule has 0 aromatic heterocycles. The van der Waals surface area contributed by atoms with Crippen molar-refractivity contribution in [2.45, 2.75) is 32.8 Å². The number of sulfone groups is 1. The van der Waals surface area contributed by atoms with Gasteiger partial charge in [0.05, 0.1) is 22.1 Å². The maximum absolute atomic E-state index is 12.1. The largest absolute Gasteiger partial charge is 0.458 e. The second-order valence-corrected chi connectivity index (χ2v) is 7.84. The predicted molar refractivity (Wildman–Crippen MR) is 78.0 cm³/mol. The summed E-state index contributed by atoms with van der Waals surface area (Å²) in [6.07, 6.45) is 0.535. The third-order valence-electron chi connectivity index (χ3n) is 3.50. The number of ether oxygens (including phenoxy) is 1. The number of carbonyl (C=O) groups excluding carboxylic acids is 1. The molecular formula is C14H17ClO4S. The lowest BCUT2D eigenvalue weighted by atomic mass is 10.1. The minimum atomic E-state index is -3.09. The normalized spacial score (nSPS) is 21.4. The number of hydrogen-bond donors (Lipinski definition) is 0. The Bertz CT molecular complexity index is 637. The van der Waals surface area contributed by atoms with Gasteiger partial charge in [-0.2, -0.15) is 0 Å². The maximum atomic E-state index is 12.1. The lowest BCUT2D eigenvalue weighted by Gasteiger charge is -2.22. The molecule has 1 aromatic carbocycles. The van der Waals surface area contributed by atoms with Crippen molar-refractivity contribution in [3.63, 3.8) is 0 Å². The first kappa shape index (κ1) is 15.3. The molecule has 1 aliphatic rings. The Morgan fingerprint density at radius 2 is 1.95 bits per heavy atom. The summed E-state index contributed by atoms with van der Waals surface area (Å²) in [7, 11) is -3.09. The molecule has 110 valence electrons. The van der Waals surface area contributed by atoms with E-state index in [0.29, 0.717) is 17.9 Å². The second-order valence-electron chi connectivity index (χ2n) is 5.20. The van der Waals surface area contributed by atoms with Crippen LogP contribution in [0.3, 0.4) is 0 Å². The molecule has 4 nitrogen and oxygen atoms in total. The Kier molecular flexibility index (Phi) is 4.39. The van der Waals surface area contributed by atoms with Crippen molar-refractivity contribution in [1.29, 1.82) is 0 Å². The number of benzene rings is 1. The van der Waals surface area contributed by atoms with Gasteiger partial charge in [0, 0.05) is 0 Å². The smallest absolute Gasteiger partial charge is 0.339 e. The molecule has 1 atom stereocenters. The molecule has 20 heavy (non-hydrogen) atoms. The number of rotatable bonds is 2. The van der Waals surface area contributed by atoms with Gasteiger partial charge in [-0.1, -0.05) is 11.6 Å². The van der Waals surface area contributed by atoms with Gasteiger partial charge in [0.2, 0.25) is 0 Å². The summed E-state index contributed by atoms with van der Waals surface area (Å²) in [6, 6.07) is 3.39. The lowest BCUT2D eigenvalue weighted by molar-refractivity contribution is 0.0323. The minimum absolute atomic E-state index is 0.0960. The molecule has 1 saturated heterocycles. The number of carbonyl (C=O) groups is 1. The Labute approximate surface area is 124 Å². The molecule has 6 heteroatoms. The van der Waals surface area contributed by atoms with Gasteiger partial charge in [0.15, 0.2) is 9.84 Å².